The minimum atomic E-state index is -0.577. The molecule has 0 radical (unpaired) electrons. The molecule has 1 atom stereocenters. The molecule has 4 nitrogen and oxygen atoms in total. The molecule has 2 aliphatic rings. The highest BCUT2D eigenvalue weighted by molar-refractivity contribution is 5.84. The molecule has 0 bridgehead atoms. The maximum atomic E-state index is 12.4. The zero-order valence-corrected chi connectivity index (χ0v) is 16.9. The first kappa shape index (κ1) is 18.6. The molecule has 2 aromatic rings. The molecule has 2 heterocycles. The van der Waals surface area contributed by atoms with Crippen LogP contribution < -0.4 is 15.0 Å². The number of rotatable bonds is 5. The predicted octanol–water partition coefficient (Wildman–Crippen LogP) is 4.50. The number of nitrogens with zero attached hydrogens (tertiary/aromatic N) is 1. The van der Waals surface area contributed by atoms with Crippen LogP contribution in [0.2, 0.25) is 0 Å². The number of hydrogen-bond donors (Lipinski definition) is 1. The lowest BCUT2D eigenvalue weighted by Crippen LogP contribution is -2.68. The number of carbonyl (C=O) groups excluding carboxylic acids is 1. The van der Waals surface area contributed by atoms with Crippen LogP contribution in [0.25, 0.3) is 6.08 Å². The number of fused-ring (bicyclic) bond motifs is 3. The highest BCUT2D eigenvalue weighted by Crippen LogP contribution is 2.52. The lowest BCUT2D eigenvalue weighted by atomic mass is 9.74. The molecule has 0 aliphatic carbocycles. The van der Waals surface area contributed by atoms with E-state index in [-0.39, 0.29) is 11.3 Å². The third-order valence-corrected chi connectivity index (χ3v) is 5.99. The minimum Gasteiger partial charge on any atom is -0.494 e. The van der Waals surface area contributed by atoms with Crippen LogP contribution in [0.5, 0.6) is 5.75 Å². The van der Waals surface area contributed by atoms with Gasteiger partial charge in [0, 0.05) is 24.1 Å². The van der Waals surface area contributed by atoms with Crippen LogP contribution in [-0.2, 0) is 10.2 Å². The third-order valence-electron chi connectivity index (χ3n) is 5.99. The highest BCUT2D eigenvalue weighted by Gasteiger charge is 2.57. The van der Waals surface area contributed by atoms with E-state index in [1.54, 1.807) is 0 Å². The van der Waals surface area contributed by atoms with Gasteiger partial charge in [0.25, 0.3) is 0 Å². The third kappa shape index (κ3) is 2.88. The van der Waals surface area contributed by atoms with Crippen molar-refractivity contribution in [1.82, 2.24) is 5.32 Å². The molecule has 0 aromatic heterocycles. The summed E-state index contributed by atoms with van der Waals surface area (Å²) in [7, 11) is 0. The summed E-state index contributed by atoms with van der Waals surface area (Å²) < 4.78 is 5.77. The molecule has 4 heteroatoms. The Hall–Kier alpha value is -2.75. The van der Waals surface area contributed by atoms with Gasteiger partial charge in [0.15, 0.2) is 0 Å². The molecule has 1 N–H and O–H groups in total. The maximum absolute atomic E-state index is 12.4. The molecule has 2 aromatic carbocycles. The van der Waals surface area contributed by atoms with E-state index < -0.39 is 5.66 Å². The van der Waals surface area contributed by atoms with Crippen LogP contribution in [0.1, 0.15) is 44.7 Å². The van der Waals surface area contributed by atoms with E-state index in [0.29, 0.717) is 13.0 Å². The molecule has 146 valence electrons. The largest absolute Gasteiger partial charge is 0.494 e. The summed E-state index contributed by atoms with van der Waals surface area (Å²) in [4.78, 5) is 14.8. The molecule has 1 fully saturated rings. The Morgan fingerprint density at radius 2 is 2.00 bits per heavy atom. The minimum absolute atomic E-state index is 0.0989. The molecule has 0 saturated carbocycles. The number of carbonyl (C=O) groups is 1. The van der Waals surface area contributed by atoms with Crippen LogP contribution in [0.3, 0.4) is 0 Å². The van der Waals surface area contributed by atoms with Crippen molar-refractivity contribution in [3.05, 3.63) is 65.7 Å². The number of hydrogen-bond acceptors (Lipinski definition) is 3. The second-order valence-corrected chi connectivity index (χ2v) is 8.11. The van der Waals surface area contributed by atoms with E-state index in [9.17, 15) is 4.79 Å². The molecule has 1 saturated heterocycles. The topological polar surface area (TPSA) is 41.6 Å². The zero-order valence-electron chi connectivity index (χ0n) is 16.9. The molecular weight excluding hydrogens is 348 g/mol. The standard InChI is InChI=1S/C24H28N2O2/c1-4-16-28-19-9-7-8-18(17-19)12-14-24-23(2,3)20-10-5-6-11-21(20)26(24)15-13-22(27)25-24/h5-12,14,17H,4,13,15-16H2,1-3H3,(H,25,27)/t24-/m0/s1. The van der Waals surface area contributed by atoms with Crippen molar-refractivity contribution in [2.24, 2.45) is 0 Å². The van der Waals surface area contributed by atoms with Gasteiger partial charge >= 0.3 is 0 Å². The number of ether oxygens (including phenoxy) is 1. The maximum Gasteiger partial charge on any atom is 0.223 e. The monoisotopic (exact) mass is 376 g/mol. The molecule has 1 amide bonds. The van der Waals surface area contributed by atoms with Crippen LogP contribution in [0.4, 0.5) is 5.69 Å². The average molecular weight is 377 g/mol. The summed E-state index contributed by atoms with van der Waals surface area (Å²) >= 11 is 0. The second-order valence-electron chi connectivity index (χ2n) is 8.11. The fourth-order valence-corrected chi connectivity index (χ4v) is 4.46. The molecule has 28 heavy (non-hydrogen) atoms. The van der Waals surface area contributed by atoms with Gasteiger partial charge in [-0.3, -0.25) is 4.79 Å². The van der Waals surface area contributed by atoms with Gasteiger partial charge in [-0.05, 0) is 41.8 Å². The van der Waals surface area contributed by atoms with Gasteiger partial charge in [0.05, 0.1) is 6.61 Å². The summed E-state index contributed by atoms with van der Waals surface area (Å²) in [6.45, 7) is 7.95. The highest BCUT2D eigenvalue weighted by atomic mass is 16.5. The van der Waals surface area contributed by atoms with Crippen LogP contribution in [0.15, 0.2) is 54.6 Å². The Bertz CT molecular complexity index is 918. The summed E-state index contributed by atoms with van der Waals surface area (Å²) in [5, 5.41) is 3.32. The van der Waals surface area contributed by atoms with Crippen molar-refractivity contribution in [1.29, 1.82) is 0 Å². The summed E-state index contributed by atoms with van der Waals surface area (Å²) in [5.41, 5.74) is 2.70. The molecule has 0 spiro atoms. The van der Waals surface area contributed by atoms with E-state index in [0.717, 1.165) is 24.3 Å². The van der Waals surface area contributed by atoms with E-state index in [1.165, 1.54) is 11.3 Å². The summed E-state index contributed by atoms with van der Waals surface area (Å²) in [6.07, 6.45) is 5.75. The quantitative estimate of drug-likeness (QED) is 0.835. The van der Waals surface area contributed by atoms with Crippen LogP contribution in [0, 0.1) is 0 Å². The van der Waals surface area contributed by atoms with Crippen molar-refractivity contribution >= 4 is 17.7 Å². The zero-order chi connectivity index (χ0) is 19.8. The SMILES string of the molecule is CCCOc1cccc(C=C[C@]23NC(=O)CCN2c2ccccc2C3(C)C)c1. The van der Waals surface area contributed by atoms with Gasteiger partial charge < -0.3 is 15.0 Å². The predicted molar refractivity (Wildman–Crippen MR) is 114 cm³/mol. The molecule has 4 rings (SSSR count). The molecule has 2 aliphatic heterocycles. The number of para-hydroxylation sites is 1. The fourth-order valence-electron chi connectivity index (χ4n) is 4.46. The Labute approximate surface area is 167 Å². The molecular formula is C24H28N2O2. The van der Waals surface area contributed by atoms with Crippen molar-refractivity contribution in [3.8, 4) is 5.75 Å². The van der Waals surface area contributed by atoms with Gasteiger partial charge in [-0.2, -0.15) is 0 Å². The van der Waals surface area contributed by atoms with Gasteiger partial charge in [-0.25, -0.2) is 0 Å². The summed E-state index contributed by atoms with van der Waals surface area (Å²) in [6, 6.07) is 16.6. The number of benzene rings is 2. The van der Waals surface area contributed by atoms with Crippen molar-refractivity contribution in [2.45, 2.75) is 44.7 Å². The number of anilines is 1. The second kappa shape index (κ2) is 7.01. The van der Waals surface area contributed by atoms with Gasteiger partial charge in [0.1, 0.15) is 11.4 Å². The van der Waals surface area contributed by atoms with E-state index in [4.69, 9.17) is 4.74 Å². The lowest BCUT2D eigenvalue weighted by molar-refractivity contribution is -0.124. The van der Waals surface area contributed by atoms with E-state index in [2.05, 4.69) is 73.5 Å². The van der Waals surface area contributed by atoms with Crippen molar-refractivity contribution in [2.75, 3.05) is 18.1 Å². The van der Waals surface area contributed by atoms with Crippen molar-refractivity contribution < 1.29 is 9.53 Å². The normalized spacial score (nSPS) is 22.7. The van der Waals surface area contributed by atoms with Crippen LogP contribution >= 0.6 is 0 Å². The van der Waals surface area contributed by atoms with E-state index in [1.807, 2.05) is 18.2 Å². The summed E-state index contributed by atoms with van der Waals surface area (Å²) in [5.74, 6) is 0.974. The smallest absolute Gasteiger partial charge is 0.223 e. The first-order chi connectivity index (χ1) is 13.5. The van der Waals surface area contributed by atoms with Crippen LogP contribution in [-0.4, -0.2) is 24.7 Å². The van der Waals surface area contributed by atoms with E-state index >= 15 is 0 Å². The number of amides is 1. The first-order valence-electron chi connectivity index (χ1n) is 10.1. The molecule has 0 unspecified atom stereocenters. The first-order valence-corrected chi connectivity index (χ1v) is 10.1. The Kier molecular flexibility index (Phi) is 4.66. The van der Waals surface area contributed by atoms with Gasteiger partial charge in [-0.1, -0.05) is 57.2 Å². The van der Waals surface area contributed by atoms with Crippen molar-refractivity contribution in [3.63, 3.8) is 0 Å². The Morgan fingerprint density at radius 1 is 1.18 bits per heavy atom. The Balaban J connectivity index is 1.74. The number of nitrogens with one attached hydrogen (secondary N) is 1. The fraction of sp³-hybridized carbons (Fsp3) is 0.375. The van der Waals surface area contributed by atoms with Gasteiger partial charge in [0.2, 0.25) is 5.91 Å². The Morgan fingerprint density at radius 3 is 2.82 bits per heavy atom. The lowest BCUT2D eigenvalue weighted by Gasteiger charge is -2.49. The average Bonchev–Trinajstić information content (AvgIpc) is 2.89. The van der Waals surface area contributed by atoms with Gasteiger partial charge in [-0.15, -0.1) is 0 Å².